The van der Waals surface area contributed by atoms with Gasteiger partial charge in [0.1, 0.15) is 11.5 Å². The van der Waals surface area contributed by atoms with Crippen molar-refractivity contribution < 1.29 is 9.59 Å². The molecule has 0 aromatic carbocycles. The van der Waals surface area contributed by atoms with Gasteiger partial charge >= 0.3 is 0 Å². The minimum atomic E-state index is -0.931. The highest BCUT2D eigenvalue weighted by molar-refractivity contribution is 5.91. The maximum atomic E-state index is 12.2. The Morgan fingerprint density at radius 2 is 1.83 bits per heavy atom. The average Bonchev–Trinajstić information content (AvgIpc) is 2.38. The second-order valence-electron chi connectivity index (χ2n) is 5.18. The van der Waals surface area contributed by atoms with E-state index in [4.69, 9.17) is 0 Å². The van der Waals surface area contributed by atoms with E-state index in [1.807, 2.05) is 0 Å². The standard InChI is InChI=1S/C13H21N3O2/c1-10(11(17)16(2)3)15-12(18)13(9-14)7-5-4-6-8-13/h10H,4-8H2,1-3H3,(H,15,18). The molecule has 0 aromatic heterocycles. The van der Waals surface area contributed by atoms with Crippen LogP contribution in [0.3, 0.4) is 0 Å². The molecule has 0 aromatic rings. The van der Waals surface area contributed by atoms with Crippen LogP contribution < -0.4 is 5.32 Å². The summed E-state index contributed by atoms with van der Waals surface area (Å²) in [6.45, 7) is 1.65. The van der Waals surface area contributed by atoms with Crippen LogP contribution in [0, 0.1) is 16.7 Å². The summed E-state index contributed by atoms with van der Waals surface area (Å²) in [5, 5.41) is 11.9. The maximum absolute atomic E-state index is 12.2. The van der Waals surface area contributed by atoms with Crippen LogP contribution in [0.25, 0.3) is 0 Å². The summed E-state index contributed by atoms with van der Waals surface area (Å²) in [5.74, 6) is -0.459. The molecule has 1 unspecified atom stereocenters. The smallest absolute Gasteiger partial charge is 0.244 e. The van der Waals surface area contributed by atoms with Crippen LogP contribution in [0.15, 0.2) is 0 Å². The molecule has 5 heteroatoms. The minimum absolute atomic E-state index is 0.160. The summed E-state index contributed by atoms with van der Waals surface area (Å²) in [6.07, 6.45) is 4.06. The molecule has 18 heavy (non-hydrogen) atoms. The summed E-state index contributed by atoms with van der Waals surface area (Å²) >= 11 is 0. The van der Waals surface area contributed by atoms with Gasteiger partial charge < -0.3 is 10.2 Å². The Kier molecular flexibility index (Phi) is 4.71. The van der Waals surface area contributed by atoms with E-state index in [1.54, 1.807) is 21.0 Å². The van der Waals surface area contributed by atoms with Crippen molar-refractivity contribution >= 4 is 11.8 Å². The fourth-order valence-electron chi connectivity index (χ4n) is 2.33. The number of amides is 2. The van der Waals surface area contributed by atoms with Crippen LogP contribution >= 0.6 is 0 Å². The fourth-order valence-corrected chi connectivity index (χ4v) is 2.33. The number of carbonyl (C=O) groups is 2. The topological polar surface area (TPSA) is 73.2 Å². The van der Waals surface area contributed by atoms with Gasteiger partial charge in [0.15, 0.2) is 0 Å². The van der Waals surface area contributed by atoms with Crippen LogP contribution in [0.5, 0.6) is 0 Å². The Morgan fingerprint density at radius 3 is 2.28 bits per heavy atom. The van der Waals surface area contributed by atoms with E-state index < -0.39 is 11.5 Å². The average molecular weight is 251 g/mol. The first kappa shape index (κ1) is 14.5. The number of rotatable bonds is 3. The third-order valence-electron chi connectivity index (χ3n) is 3.51. The highest BCUT2D eigenvalue weighted by Gasteiger charge is 2.40. The molecule has 0 bridgehead atoms. The van der Waals surface area contributed by atoms with Crippen LogP contribution in [-0.2, 0) is 9.59 Å². The van der Waals surface area contributed by atoms with E-state index in [0.29, 0.717) is 12.8 Å². The Bertz CT molecular complexity index is 365. The van der Waals surface area contributed by atoms with Crippen molar-refractivity contribution in [2.75, 3.05) is 14.1 Å². The van der Waals surface area contributed by atoms with Crippen LogP contribution in [0.4, 0.5) is 0 Å². The lowest BCUT2D eigenvalue weighted by Crippen LogP contribution is -2.50. The predicted octanol–water partition coefficient (Wildman–Crippen LogP) is 1.05. The number of nitrogens with one attached hydrogen (secondary N) is 1. The molecule has 0 saturated heterocycles. The van der Waals surface area contributed by atoms with E-state index in [2.05, 4.69) is 11.4 Å². The van der Waals surface area contributed by atoms with Gasteiger partial charge in [0.05, 0.1) is 6.07 Å². The number of carbonyl (C=O) groups excluding carboxylic acids is 2. The van der Waals surface area contributed by atoms with Crippen molar-refractivity contribution in [3.63, 3.8) is 0 Å². The third kappa shape index (κ3) is 3.00. The summed E-state index contributed by atoms with van der Waals surface area (Å²) in [6, 6.07) is 1.57. The summed E-state index contributed by atoms with van der Waals surface area (Å²) in [5.41, 5.74) is -0.931. The molecule has 5 nitrogen and oxygen atoms in total. The van der Waals surface area contributed by atoms with Crippen molar-refractivity contribution in [1.29, 1.82) is 5.26 Å². The molecular weight excluding hydrogens is 230 g/mol. The van der Waals surface area contributed by atoms with Gasteiger partial charge in [-0.1, -0.05) is 19.3 Å². The van der Waals surface area contributed by atoms with Crippen molar-refractivity contribution in [2.24, 2.45) is 5.41 Å². The summed E-state index contributed by atoms with van der Waals surface area (Å²) in [4.78, 5) is 25.3. The molecule has 0 heterocycles. The SMILES string of the molecule is CC(NC(=O)C1(C#N)CCCCC1)C(=O)N(C)C. The van der Waals surface area contributed by atoms with Gasteiger partial charge in [0, 0.05) is 14.1 Å². The molecule has 1 rings (SSSR count). The summed E-state index contributed by atoms with van der Waals surface area (Å²) < 4.78 is 0. The lowest BCUT2D eigenvalue weighted by molar-refractivity contribution is -0.137. The normalized spacial score (nSPS) is 19.4. The quantitative estimate of drug-likeness (QED) is 0.815. The molecule has 1 aliphatic carbocycles. The largest absolute Gasteiger partial charge is 0.347 e. The van der Waals surface area contributed by atoms with Gasteiger partial charge in [-0.05, 0) is 19.8 Å². The Balaban J connectivity index is 2.69. The molecule has 2 amide bonds. The molecule has 1 atom stereocenters. The van der Waals surface area contributed by atoms with Crippen LogP contribution in [0.2, 0.25) is 0 Å². The lowest BCUT2D eigenvalue weighted by Gasteiger charge is -2.30. The zero-order valence-corrected chi connectivity index (χ0v) is 11.3. The monoisotopic (exact) mass is 251 g/mol. The lowest BCUT2D eigenvalue weighted by atomic mass is 9.74. The molecular formula is C13H21N3O2. The van der Waals surface area contributed by atoms with Crippen LogP contribution in [-0.4, -0.2) is 36.9 Å². The highest BCUT2D eigenvalue weighted by atomic mass is 16.2. The molecule has 0 aliphatic heterocycles. The van der Waals surface area contributed by atoms with Crippen LogP contribution in [0.1, 0.15) is 39.0 Å². The molecule has 1 saturated carbocycles. The van der Waals surface area contributed by atoms with E-state index in [9.17, 15) is 14.9 Å². The van der Waals surface area contributed by atoms with Gasteiger partial charge in [-0.25, -0.2) is 0 Å². The molecule has 1 N–H and O–H groups in total. The molecule has 0 spiro atoms. The molecule has 1 fully saturated rings. The van der Waals surface area contributed by atoms with Crippen molar-refractivity contribution in [2.45, 2.75) is 45.1 Å². The number of hydrogen-bond donors (Lipinski definition) is 1. The Labute approximate surface area is 108 Å². The predicted molar refractivity (Wildman–Crippen MR) is 67.4 cm³/mol. The van der Waals surface area contributed by atoms with Crippen molar-refractivity contribution in [1.82, 2.24) is 10.2 Å². The van der Waals surface area contributed by atoms with Crippen molar-refractivity contribution in [3.05, 3.63) is 0 Å². The van der Waals surface area contributed by atoms with Gasteiger partial charge in [-0.2, -0.15) is 5.26 Å². The van der Waals surface area contributed by atoms with Gasteiger partial charge in [0.2, 0.25) is 11.8 Å². The fraction of sp³-hybridized carbons (Fsp3) is 0.769. The zero-order chi connectivity index (χ0) is 13.8. The van der Waals surface area contributed by atoms with E-state index in [0.717, 1.165) is 19.3 Å². The Morgan fingerprint density at radius 1 is 1.28 bits per heavy atom. The van der Waals surface area contributed by atoms with E-state index >= 15 is 0 Å². The number of likely N-dealkylation sites (N-methyl/N-ethyl adjacent to an activating group) is 1. The van der Waals surface area contributed by atoms with Crippen molar-refractivity contribution in [3.8, 4) is 6.07 Å². The second kappa shape index (κ2) is 5.85. The van der Waals surface area contributed by atoms with Gasteiger partial charge in [-0.15, -0.1) is 0 Å². The zero-order valence-electron chi connectivity index (χ0n) is 11.3. The minimum Gasteiger partial charge on any atom is -0.347 e. The molecule has 1 aliphatic rings. The van der Waals surface area contributed by atoms with Gasteiger partial charge in [-0.3, -0.25) is 9.59 Å². The number of hydrogen-bond acceptors (Lipinski definition) is 3. The second-order valence-corrected chi connectivity index (χ2v) is 5.18. The summed E-state index contributed by atoms with van der Waals surface area (Å²) in [7, 11) is 3.29. The Hall–Kier alpha value is -1.57. The van der Waals surface area contributed by atoms with Gasteiger partial charge in [0.25, 0.3) is 0 Å². The molecule has 0 radical (unpaired) electrons. The third-order valence-corrected chi connectivity index (χ3v) is 3.51. The van der Waals surface area contributed by atoms with E-state index in [-0.39, 0.29) is 11.8 Å². The van der Waals surface area contributed by atoms with E-state index in [1.165, 1.54) is 4.90 Å². The first-order chi connectivity index (χ1) is 8.43. The highest BCUT2D eigenvalue weighted by Crippen LogP contribution is 2.35. The molecule has 100 valence electrons. The maximum Gasteiger partial charge on any atom is 0.244 e. The number of nitrogens with zero attached hydrogens (tertiary/aromatic N) is 2. The number of nitriles is 1. The first-order valence-electron chi connectivity index (χ1n) is 6.36. The first-order valence-corrected chi connectivity index (χ1v) is 6.36.